The molecule has 5 nitrogen and oxygen atoms in total. The molecule has 0 saturated heterocycles. The highest BCUT2D eigenvalue weighted by Crippen LogP contribution is 2.26. The Morgan fingerprint density at radius 3 is 2.65 bits per heavy atom. The van der Waals surface area contributed by atoms with Crippen LogP contribution in [0, 0.1) is 0 Å². The number of methoxy groups -OCH3 is 2. The van der Waals surface area contributed by atoms with Crippen LogP contribution in [0.2, 0.25) is 0 Å². The molecule has 26 heavy (non-hydrogen) atoms. The predicted octanol–water partition coefficient (Wildman–Crippen LogP) is 4.33. The van der Waals surface area contributed by atoms with Crippen molar-refractivity contribution in [1.82, 2.24) is 4.90 Å². The summed E-state index contributed by atoms with van der Waals surface area (Å²) in [5.41, 5.74) is 2.46. The second-order valence-electron chi connectivity index (χ2n) is 5.69. The van der Waals surface area contributed by atoms with Crippen molar-refractivity contribution in [2.45, 2.75) is 6.54 Å². The van der Waals surface area contributed by atoms with Gasteiger partial charge in [0.15, 0.2) is 0 Å². The van der Waals surface area contributed by atoms with Crippen LogP contribution in [0.15, 0.2) is 64.7 Å². The monoisotopic (exact) mass is 418 g/mol. The molecule has 0 atom stereocenters. The SMILES string of the molecule is C=CCN(CC(=NO)c1cccc(Br)c1)Cc1ccc(OC)cc1OC. The van der Waals surface area contributed by atoms with E-state index in [0.29, 0.717) is 25.3 Å². The molecule has 0 unspecified atom stereocenters. The number of rotatable bonds is 9. The molecule has 2 rings (SSSR count). The zero-order valence-electron chi connectivity index (χ0n) is 15.0. The Bertz CT molecular complexity index is 777. The van der Waals surface area contributed by atoms with Gasteiger partial charge in [-0.1, -0.05) is 45.4 Å². The van der Waals surface area contributed by atoms with Crippen molar-refractivity contribution in [3.63, 3.8) is 0 Å². The molecule has 0 heterocycles. The topological polar surface area (TPSA) is 54.3 Å². The Balaban J connectivity index is 2.22. The Kier molecular flexibility index (Phi) is 7.69. The predicted molar refractivity (Wildman–Crippen MR) is 107 cm³/mol. The summed E-state index contributed by atoms with van der Waals surface area (Å²) in [5.74, 6) is 1.50. The van der Waals surface area contributed by atoms with Crippen molar-refractivity contribution in [2.24, 2.45) is 5.16 Å². The number of hydrogen-bond donors (Lipinski definition) is 1. The lowest BCUT2D eigenvalue weighted by Gasteiger charge is -2.22. The van der Waals surface area contributed by atoms with E-state index in [1.807, 2.05) is 48.5 Å². The first kappa shape index (κ1) is 20.0. The molecule has 0 amide bonds. The fourth-order valence-electron chi connectivity index (χ4n) is 2.65. The molecule has 2 aromatic carbocycles. The summed E-state index contributed by atoms with van der Waals surface area (Å²) in [6.45, 7) is 5.55. The van der Waals surface area contributed by atoms with E-state index in [-0.39, 0.29) is 0 Å². The van der Waals surface area contributed by atoms with Gasteiger partial charge < -0.3 is 14.7 Å². The fraction of sp³-hybridized carbons (Fsp3) is 0.250. The summed E-state index contributed by atoms with van der Waals surface area (Å²) < 4.78 is 11.7. The summed E-state index contributed by atoms with van der Waals surface area (Å²) in [5, 5.41) is 13.0. The quantitative estimate of drug-likeness (QED) is 0.285. The molecule has 0 aromatic heterocycles. The minimum Gasteiger partial charge on any atom is -0.497 e. The highest BCUT2D eigenvalue weighted by molar-refractivity contribution is 9.10. The van der Waals surface area contributed by atoms with Crippen LogP contribution in [-0.2, 0) is 6.54 Å². The van der Waals surface area contributed by atoms with Crippen molar-refractivity contribution >= 4 is 21.6 Å². The van der Waals surface area contributed by atoms with Crippen LogP contribution < -0.4 is 9.47 Å². The largest absolute Gasteiger partial charge is 0.497 e. The van der Waals surface area contributed by atoms with E-state index >= 15 is 0 Å². The van der Waals surface area contributed by atoms with E-state index < -0.39 is 0 Å². The van der Waals surface area contributed by atoms with E-state index in [4.69, 9.17) is 9.47 Å². The minimum absolute atomic E-state index is 0.466. The van der Waals surface area contributed by atoms with Crippen LogP contribution >= 0.6 is 15.9 Å². The lowest BCUT2D eigenvalue weighted by molar-refractivity contribution is 0.299. The third-order valence-electron chi connectivity index (χ3n) is 3.93. The molecule has 6 heteroatoms. The summed E-state index contributed by atoms with van der Waals surface area (Å²) in [6.07, 6.45) is 1.83. The second kappa shape index (κ2) is 9.99. The van der Waals surface area contributed by atoms with Gasteiger partial charge in [0.2, 0.25) is 0 Å². The van der Waals surface area contributed by atoms with E-state index in [1.165, 1.54) is 0 Å². The van der Waals surface area contributed by atoms with Crippen molar-refractivity contribution in [3.8, 4) is 11.5 Å². The van der Waals surface area contributed by atoms with Gasteiger partial charge in [-0.2, -0.15) is 0 Å². The molecular formula is C20H23BrN2O3. The summed E-state index contributed by atoms with van der Waals surface area (Å²) in [7, 11) is 3.26. The van der Waals surface area contributed by atoms with Gasteiger partial charge in [0.25, 0.3) is 0 Å². The first-order chi connectivity index (χ1) is 12.6. The molecule has 2 aromatic rings. The van der Waals surface area contributed by atoms with E-state index in [2.05, 4.69) is 32.6 Å². The van der Waals surface area contributed by atoms with Gasteiger partial charge in [0, 0.05) is 41.3 Å². The van der Waals surface area contributed by atoms with Gasteiger partial charge in [0.05, 0.1) is 14.2 Å². The van der Waals surface area contributed by atoms with Crippen LogP contribution in [0.1, 0.15) is 11.1 Å². The Morgan fingerprint density at radius 1 is 1.23 bits per heavy atom. The maximum atomic E-state index is 9.50. The van der Waals surface area contributed by atoms with Gasteiger partial charge >= 0.3 is 0 Å². The average molecular weight is 419 g/mol. The standard InChI is InChI=1S/C20H23BrN2O3/c1-4-10-23(13-16-8-9-18(25-2)12-20(16)26-3)14-19(22-24)15-6-5-7-17(21)11-15/h4-9,11-12,24H,1,10,13-14H2,2-3H3. The van der Waals surface area contributed by atoms with E-state index in [1.54, 1.807) is 14.2 Å². The maximum absolute atomic E-state index is 9.50. The molecule has 0 radical (unpaired) electrons. The molecule has 0 saturated carbocycles. The van der Waals surface area contributed by atoms with E-state index in [9.17, 15) is 5.21 Å². The smallest absolute Gasteiger partial charge is 0.127 e. The molecule has 0 aliphatic rings. The third-order valence-corrected chi connectivity index (χ3v) is 4.42. The first-order valence-corrected chi connectivity index (χ1v) is 8.91. The number of oxime groups is 1. The fourth-order valence-corrected chi connectivity index (χ4v) is 3.05. The Hall–Kier alpha value is -2.31. The van der Waals surface area contributed by atoms with Crippen LogP contribution in [0.25, 0.3) is 0 Å². The third kappa shape index (κ3) is 5.34. The highest BCUT2D eigenvalue weighted by atomic mass is 79.9. The normalized spacial score (nSPS) is 11.5. The Morgan fingerprint density at radius 2 is 2.04 bits per heavy atom. The maximum Gasteiger partial charge on any atom is 0.127 e. The van der Waals surface area contributed by atoms with Crippen LogP contribution in [0.4, 0.5) is 0 Å². The number of nitrogens with zero attached hydrogens (tertiary/aromatic N) is 2. The number of ether oxygens (including phenoxy) is 2. The average Bonchev–Trinajstić information content (AvgIpc) is 2.66. The highest BCUT2D eigenvalue weighted by Gasteiger charge is 2.14. The van der Waals surface area contributed by atoms with Crippen molar-refractivity contribution in [1.29, 1.82) is 0 Å². The van der Waals surface area contributed by atoms with Gasteiger partial charge in [0.1, 0.15) is 17.2 Å². The Labute approximate surface area is 162 Å². The summed E-state index contributed by atoms with van der Waals surface area (Å²) in [6, 6.07) is 13.4. The molecule has 0 fully saturated rings. The first-order valence-electron chi connectivity index (χ1n) is 8.12. The van der Waals surface area contributed by atoms with Crippen molar-refractivity contribution < 1.29 is 14.7 Å². The summed E-state index contributed by atoms with van der Waals surface area (Å²) in [4.78, 5) is 2.12. The molecule has 0 aliphatic heterocycles. The number of halogens is 1. The van der Waals surface area contributed by atoms with Gasteiger partial charge in [-0.3, -0.25) is 4.90 Å². The zero-order chi connectivity index (χ0) is 18.9. The van der Waals surface area contributed by atoms with Gasteiger partial charge in [-0.05, 0) is 18.2 Å². The van der Waals surface area contributed by atoms with Crippen LogP contribution in [0.5, 0.6) is 11.5 Å². The van der Waals surface area contributed by atoms with Crippen molar-refractivity contribution in [3.05, 3.63) is 70.7 Å². The summed E-state index contributed by atoms with van der Waals surface area (Å²) >= 11 is 3.45. The lowest BCUT2D eigenvalue weighted by atomic mass is 10.1. The molecule has 138 valence electrons. The number of hydrogen-bond acceptors (Lipinski definition) is 5. The molecule has 0 bridgehead atoms. The lowest BCUT2D eigenvalue weighted by Crippen LogP contribution is -2.30. The van der Waals surface area contributed by atoms with Crippen molar-refractivity contribution in [2.75, 3.05) is 27.3 Å². The van der Waals surface area contributed by atoms with Crippen LogP contribution in [0.3, 0.4) is 0 Å². The zero-order valence-corrected chi connectivity index (χ0v) is 16.6. The molecule has 0 aliphatic carbocycles. The van der Waals surface area contributed by atoms with Gasteiger partial charge in [-0.15, -0.1) is 6.58 Å². The van der Waals surface area contributed by atoms with Gasteiger partial charge in [-0.25, -0.2) is 0 Å². The molecular weight excluding hydrogens is 396 g/mol. The molecule has 1 N–H and O–H groups in total. The molecule has 0 spiro atoms. The second-order valence-corrected chi connectivity index (χ2v) is 6.61. The van der Waals surface area contributed by atoms with Crippen LogP contribution in [-0.4, -0.2) is 43.1 Å². The minimum atomic E-state index is 0.466. The number of benzene rings is 2. The van der Waals surface area contributed by atoms with E-state index in [0.717, 1.165) is 27.1 Å².